The summed E-state index contributed by atoms with van der Waals surface area (Å²) in [5.41, 5.74) is 2.67. The fraction of sp³-hybridized carbons (Fsp3) is 0.647. The molecule has 1 aliphatic heterocycles. The molecule has 1 fully saturated rings. The summed E-state index contributed by atoms with van der Waals surface area (Å²) in [4.78, 5) is 2.57. The van der Waals surface area contributed by atoms with Crippen LogP contribution in [0.15, 0.2) is 24.3 Å². The largest absolute Gasteiger partial charge is 0.380 e. The minimum atomic E-state index is 0.703. The SMILES string of the molecule is CCN(Cc1cccc(COC)c1)CC1CCNCC1. The lowest BCUT2D eigenvalue weighted by molar-refractivity contribution is 0.184. The molecule has 0 saturated carbocycles. The van der Waals surface area contributed by atoms with E-state index < -0.39 is 0 Å². The minimum absolute atomic E-state index is 0.703. The number of hydrogen-bond donors (Lipinski definition) is 1. The van der Waals surface area contributed by atoms with Gasteiger partial charge in [0.15, 0.2) is 0 Å². The highest BCUT2D eigenvalue weighted by molar-refractivity contribution is 5.22. The van der Waals surface area contributed by atoms with E-state index in [-0.39, 0.29) is 0 Å². The first-order valence-electron chi connectivity index (χ1n) is 7.81. The van der Waals surface area contributed by atoms with Gasteiger partial charge in [0.05, 0.1) is 6.61 Å². The molecule has 0 unspecified atom stereocenters. The van der Waals surface area contributed by atoms with Crippen LogP contribution < -0.4 is 5.32 Å². The highest BCUT2D eigenvalue weighted by atomic mass is 16.5. The molecule has 1 saturated heterocycles. The van der Waals surface area contributed by atoms with Crippen LogP contribution in [0, 0.1) is 5.92 Å². The van der Waals surface area contributed by atoms with Gasteiger partial charge in [-0.15, -0.1) is 0 Å². The van der Waals surface area contributed by atoms with Crippen molar-refractivity contribution in [2.45, 2.75) is 32.9 Å². The quantitative estimate of drug-likeness (QED) is 0.828. The third-order valence-corrected chi connectivity index (χ3v) is 4.13. The van der Waals surface area contributed by atoms with Crippen molar-refractivity contribution in [1.82, 2.24) is 10.2 Å². The Morgan fingerprint density at radius 1 is 1.25 bits per heavy atom. The summed E-state index contributed by atoms with van der Waals surface area (Å²) in [5.74, 6) is 0.860. The average Bonchev–Trinajstić information content (AvgIpc) is 2.48. The van der Waals surface area contributed by atoms with Crippen molar-refractivity contribution in [3.8, 4) is 0 Å². The van der Waals surface area contributed by atoms with Crippen molar-refractivity contribution in [2.24, 2.45) is 5.92 Å². The number of benzene rings is 1. The van der Waals surface area contributed by atoms with Gasteiger partial charge in [-0.2, -0.15) is 0 Å². The number of ether oxygens (including phenoxy) is 1. The predicted molar refractivity (Wildman–Crippen MR) is 83.7 cm³/mol. The van der Waals surface area contributed by atoms with E-state index in [0.29, 0.717) is 6.61 Å². The summed E-state index contributed by atoms with van der Waals surface area (Å²) in [5, 5.41) is 3.44. The maximum Gasteiger partial charge on any atom is 0.0713 e. The van der Waals surface area contributed by atoms with Gasteiger partial charge in [0.25, 0.3) is 0 Å². The molecule has 1 N–H and O–H groups in total. The van der Waals surface area contributed by atoms with Gasteiger partial charge >= 0.3 is 0 Å². The van der Waals surface area contributed by atoms with Crippen molar-refractivity contribution >= 4 is 0 Å². The Morgan fingerprint density at radius 2 is 2.00 bits per heavy atom. The summed E-state index contributed by atoms with van der Waals surface area (Å²) < 4.78 is 5.22. The van der Waals surface area contributed by atoms with Crippen LogP contribution in [-0.4, -0.2) is 38.2 Å². The van der Waals surface area contributed by atoms with E-state index in [1.54, 1.807) is 7.11 Å². The second-order valence-corrected chi connectivity index (χ2v) is 5.77. The van der Waals surface area contributed by atoms with E-state index in [1.165, 1.54) is 43.6 Å². The molecular formula is C17H28N2O. The predicted octanol–water partition coefficient (Wildman–Crippen LogP) is 2.65. The van der Waals surface area contributed by atoms with Gasteiger partial charge in [-0.1, -0.05) is 31.2 Å². The first-order valence-corrected chi connectivity index (χ1v) is 7.81. The molecule has 0 aromatic heterocycles. The van der Waals surface area contributed by atoms with E-state index in [0.717, 1.165) is 19.0 Å². The lowest BCUT2D eigenvalue weighted by Gasteiger charge is -2.29. The van der Waals surface area contributed by atoms with Crippen molar-refractivity contribution in [3.05, 3.63) is 35.4 Å². The molecule has 3 heteroatoms. The Labute approximate surface area is 123 Å². The molecule has 1 aliphatic rings. The van der Waals surface area contributed by atoms with E-state index >= 15 is 0 Å². The monoisotopic (exact) mass is 276 g/mol. The van der Waals surface area contributed by atoms with E-state index in [1.807, 2.05) is 0 Å². The van der Waals surface area contributed by atoms with Crippen molar-refractivity contribution in [1.29, 1.82) is 0 Å². The topological polar surface area (TPSA) is 24.5 Å². The first-order chi connectivity index (χ1) is 9.81. The van der Waals surface area contributed by atoms with Gasteiger partial charge in [0, 0.05) is 20.2 Å². The second-order valence-electron chi connectivity index (χ2n) is 5.77. The Balaban J connectivity index is 1.89. The molecule has 0 radical (unpaired) electrons. The number of nitrogens with zero attached hydrogens (tertiary/aromatic N) is 1. The Morgan fingerprint density at radius 3 is 2.70 bits per heavy atom. The second kappa shape index (κ2) is 8.40. The van der Waals surface area contributed by atoms with Crippen LogP contribution in [0.2, 0.25) is 0 Å². The van der Waals surface area contributed by atoms with Crippen LogP contribution in [-0.2, 0) is 17.9 Å². The van der Waals surface area contributed by atoms with Crippen LogP contribution in [0.25, 0.3) is 0 Å². The Kier molecular flexibility index (Phi) is 6.51. The molecule has 0 spiro atoms. The first kappa shape index (κ1) is 15.5. The van der Waals surface area contributed by atoms with Gasteiger partial charge in [-0.05, 0) is 49.5 Å². The van der Waals surface area contributed by atoms with Crippen molar-refractivity contribution in [3.63, 3.8) is 0 Å². The number of hydrogen-bond acceptors (Lipinski definition) is 3. The van der Waals surface area contributed by atoms with E-state index in [4.69, 9.17) is 4.74 Å². The summed E-state index contributed by atoms with van der Waals surface area (Å²) in [6.45, 7) is 8.74. The van der Waals surface area contributed by atoms with Gasteiger partial charge in [0.1, 0.15) is 0 Å². The lowest BCUT2D eigenvalue weighted by atomic mass is 9.97. The molecule has 1 heterocycles. The van der Waals surface area contributed by atoms with E-state index in [9.17, 15) is 0 Å². The summed E-state index contributed by atoms with van der Waals surface area (Å²) >= 11 is 0. The molecule has 0 aliphatic carbocycles. The van der Waals surface area contributed by atoms with Crippen molar-refractivity contribution in [2.75, 3.05) is 33.3 Å². The van der Waals surface area contributed by atoms with Crippen LogP contribution in [0.5, 0.6) is 0 Å². The number of methoxy groups -OCH3 is 1. The van der Waals surface area contributed by atoms with Gasteiger partial charge < -0.3 is 10.1 Å². The molecule has 2 rings (SSSR count). The van der Waals surface area contributed by atoms with Gasteiger partial charge in [-0.25, -0.2) is 0 Å². The summed E-state index contributed by atoms with van der Waals surface area (Å²) in [7, 11) is 1.75. The highest BCUT2D eigenvalue weighted by Crippen LogP contribution is 2.16. The normalized spacial score (nSPS) is 16.8. The molecule has 1 aromatic carbocycles. The maximum absolute atomic E-state index is 5.22. The van der Waals surface area contributed by atoms with Gasteiger partial charge in [-0.3, -0.25) is 4.90 Å². The molecule has 1 aromatic rings. The maximum atomic E-state index is 5.22. The third-order valence-electron chi connectivity index (χ3n) is 4.13. The summed E-state index contributed by atoms with van der Waals surface area (Å²) in [6, 6.07) is 8.77. The minimum Gasteiger partial charge on any atom is -0.380 e. The standard InChI is InChI=1S/C17H28N2O/c1-3-19(12-15-7-9-18-10-8-15)13-16-5-4-6-17(11-16)14-20-2/h4-6,11,15,18H,3,7-10,12-14H2,1-2H3. The van der Waals surface area contributed by atoms with Crippen molar-refractivity contribution < 1.29 is 4.74 Å². The molecule has 0 bridgehead atoms. The zero-order valence-corrected chi connectivity index (χ0v) is 12.9. The van der Waals surface area contributed by atoms with E-state index in [2.05, 4.69) is 41.4 Å². The van der Waals surface area contributed by atoms with Crippen LogP contribution in [0.3, 0.4) is 0 Å². The molecule has 3 nitrogen and oxygen atoms in total. The molecule has 0 amide bonds. The van der Waals surface area contributed by atoms with Crippen LogP contribution in [0.1, 0.15) is 30.9 Å². The fourth-order valence-electron chi connectivity index (χ4n) is 2.98. The van der Waals surface area contributed by atoms with Crippen LogP contribution in [0.4, 0.5) is 0 Å². The molecule has 20 heavy (non-hydrogen) atoms. The third kappa shape index (κ3) is 4.89. The number of rotatable bonds is 7. The van der Waals surface area contributed by atoms with Gasteiger partial charge in [0.2, 0.25) is 0 Å². The summed E-state index contributed by atoms with van der Waals surface area (Å²) in [6.07, 6.45) is 2.64. The number of piperidine rings is 1. The lowest BCUT2D eigenvalue weighted by Crippen LogP contribution is -2.35. The Hall–Kier alpha value is -0.900. The molecular weight excluding hydrogens is 248 g/mol. The Bertz CT molecular complexity index is 388. The highest BCUT2D eigenvalue weighted by Gasteiger charge is 2.16. The smallest absolute Gasteiger partial charge is 0.0713 e. The fourth-order valence-corrected chi connectivity index (χ4v) is 2.98. The zero-order valence-electron chi connectivity index (χ0n) is 12.9. The van der Waals surface area contributed by atoms with Crippen LogP contribution >= 0.6 is 0 Å². The molecule has 0 atom stereocenters. The average molecular weight is 276 g/mol. The number of nitrogens with one attached hydrogen (secondary N) is 1. The molecule has 112 valence electrons. The zero-order chi connectivity index (χ0) is 14.2.